The zero-order valence-electron chi connectivity index (χ0n) is 20.9. The van der Waals surface area contributed by atoms with E-state index in [1.54, 1.807) is 36.5 Å². The molecule has 1 N–H and O–H groups in total. The molecule has 2 aromatic carbocycles. The number of ether oxygens (including phenoxy) is 2. The first-order chi connectivity index (χ1) is 17.9. The van der Waals surface area contributed by atoms with Gasteiger partial charge in [-0.05, 0) is 49.6 Å². The second-order valence-corrected chi connectivity index (χ2v) is 11.1. The Morgan fingerprint density at radius 2 is 1.92 bits per heavy atom. The van der Waals surface area contributed by atoms with Gasteiger partial charge < -0.3 is 14.4 Å². The van der Waals surface area contributed by atoms with Gasteiger partial charge in [-0.3, -0.25) is 19.4 Å². The molecule has 10 heteroatoms. The fourth-order valence-corrected chi connectivity index (χ4v) is 6.21. The van der Waals surface area contributed by atoms with Gasteiger partial charge in [-0.2, -0.15) is 0 Å². The molecular formula is C27H32N4O5S. The Balaban J connectivity index is 1.27. The van der Waals surface area contributed by atoms with Gasteiger partial charge in [0.05, 0.1) is 24.4 Å². The number of carbonyl (C=O) groups excluding carboxylic acids is 1. The minimum Gasteiger partial charge on any atom is -0.495 e. The van der Waals surface area contributed by atoms with Gasteiger partial charge in [0, 0.05) is 56.5 Å². The van der Waals surface area contributed by atoms with Crippen molar-refractivity contribution in [3.8, 4) is 5.75 Å². The number of pyridine rings is 1. The molecule has 1 aromatic heterocycles. The van der Waals surface area contributed by atoms with Crippen LogP contribution in [0, 0.1) is 0 Å². The van der Waals surface area contributed by atoms with Crippen molar-refractivity contribution in [1.82, 2.24) is 14.8 Å². The lowest BCUT2D eigenvalue weighted by Gasteiger charge is -2.37. The molecule has 2 saturated heterocycles. The molecule has 3 aromatic rings. The molecule has 0 spiro atoms. The average Bonchev–Trinajstić information content (AvgIpc) is 2.93. The van der Waals surface area contributed by atoms with E-state index in [1.165, 1.54) is 19.6 Å². The number of para-hydroxylation sites is 1. The maximum atomic E-state index is 13.2. The molecular weight excluding hydrogens is 492 g/mol. The number of carbonyl (C=O) groups is 1. The summed E-state index contributed by atoms with van der Waals surface area (Å²) in [5.41, 5.74) is 1.09. The number of aromatic nitrogens is 1. The topological polar surface area (TPSA) is 101 Å². The number of rotatable bonds is 7. The van der Waals surface area contributed by atoms with Crippen LogP contribution in [0.3, 0.4) is 0 Å². The molecule has 196 valence electrons. The first-order valence-corrected chi connectivity index (χ1v) is 14.1. The monoisotopic (exact) mass is 524 g/mol. The Hall–Kier alpha value is -3.21. The standard InChI is InChI=1S/C27H32N4O5S/c1-35-24-18-21(27(32)31-15-13-30(14-16-31)19-22-8-2-3-17-36-22)10-11-23(24)29-37(33,34)25-9-4-6-20-7-5-12-28-26(20)25/h4-7,9-12,18,22,29H,2-3,8,13-17,19H2,1H3. The number of amides is 1. The Morgan fingerprint density at radius 1 is 1.11 bits per heavy atom. The van der Waals surface area contributed by atoms with E-state index in [-0.39, 0.29) is 22.2 Å². The highest BCUT2D eigenvalue weighted by molar-refractivity contribution is 7.93. The van der Waals surface area contributed by atoms with Crippen molar-refractivity contribution < 1.29 is 22.7 Å². The summed E-state index contributed by atoms with van der Waals surface area (Å²) in [4.78, 5) is 21.7. The predicted octanol–water partition coefficient (Wildman–Crippen LogP) is 3.37. The SMILES string of the molecule is COc1cc(C(=O)N2CCN(CC3CCCCO3)CC2)ccc1NS(=O)(=O)c1cccc2cccnc12. The summed E-state index contributed by atoms with van der Waals surface area (Å²) in [5, 5.41) is 0.727. The molecule has 0 aliphatic carbocycles. The highest BCUT2D eigenvalue weighted by Gasteiger charge is 2.26. The van der Waals surface area contributed by atoms with E-state index in [9.17, 15) is 13.2 Å². The Bertz CT molecular complexity index is 1360. The van der Waals surface area contributed by atoms with Crippen molar-refractivity contribution in [3.63, 3.8) is 0 Å². The highest BCUT2D eigenvalue weighted by Crippen LogP contribution is 2.30. The van der Waals surface area contributed by atoms with Crippen molar-refractivity contribution in [1.29, 1.82) is 0 Å². The average molecular weight is 525 g/mol. The first-order valence-electron chi connectivity index (χ1n) is 12.6. The molecule has 5 rings (SSSR count). The van der Waals surface area contributed by atoms with Crippen LogP contribution in [0.1, 0.15) is 29.6 Å². The van der Waals surface area contributed by atoms with Gasteiger partial charge >= 0.3 is 0 Å². The minimum atomic E-state index is -3.95. The van der Waals surface area contributed by atoms with Crippen LogP contribution >= 0.6 is 0 Å². The summed E-state index contributed by atoms with van der Waals surface area (Å²) in [7, 11) is -2.50. The zero-order valence-corrected chi connectivity index (χ0v) is 21.7. The third-order valence-corrected chi connectivity index (χ3v) is 8.37. The van der Waals surface area contributed by atoms with Crippen molar-refractivity contribution in [2.45, 2.75) is 30.3 Å². The summed E-state index contributed by atoms with van der Waals surface area (Å²) >= 11 is 0. The number of hydrogen-bond donors (Lipinski definition) is 1. The lowest BCUT2D eigenvalue weighted by Crippen LogP contribution is -2.50. The summed E-state index contributed by atoms with van der Waals surface area (Å²) in [6.45, 7) is 4.64. The van der Waals surface area contributed by atoms with Crippen LogP contribution in [0.4, 0.5) is 5.69 Å². The van der Waals surface area contributed by atoms with Gasteiger partial charge in [-0.15, -0.1) is 0 Å². The number of nitrogens with zero attached hydrogens (tertiary/aromatic N) is 3. The van der Waals surface area contributed by atoms with E-state index in [0.717, 1.165) is 44.5 Å². The van der Waals surface area contributed by atoms with E-state index in [1.807, 2.05) is 17.0 Å². The molecule has 37 heavy (non-hydrogen) atoms. The normalized spacial score (nSPS) is 19.1. The second kappa shape index (κ2) is 11.0. The van der Waals surface area contributed by atoms with Gasteiger partial charge in [0.1, 0.15) is 10.6 Å². The Morgan fingerprint density at radius 3 is 2.68 bits per heavy atom. The van der Waals surface area contributed by atoms with Gasteiger partial charge in [-0.1, -0.05) is 18.2 Å². The minimum absolute atomic E-state index is 0.0734. The Labute approximate surface area is 217 Å². The lowest BCUT2D eigenvalue weighted by atomic mass is 10.1. The number of sulfonamides is 1. The van der Waals surface area contributed by atoms with Crippen LogP contribution in [0.15, 0.2) is 59.6 Å². The molecule has 3 heterocycles. The molecule has 2 aliphatic heterocycles. The summed E-state index contributed by atoms with van der Waals surface area (Å²) in [6, 6.07) is 13.4. The molecule has 0 radical (unpaired) electrons. The van der Waals surface area contributed by atoms with E-state index in [2.05, 4.69) is 14.6 Å². The van der Waals surface area contributed by atoms with Crippen LogP contribution in [0.25, 0.3) is 10.9 Å². The molecule has 2 aliphatic rings. The summed E-state index contributed by atoms with van der Waals surface area (Å²) in [5.74, 6) is 0.176. The quantitative estimate of drug-likeness (QED) is 0.506. The van der Waals surface area contributed by atoms with E-state index in [4.69, 9.17) is 9.47 Å². The molecule has 2 fully saturated rings. The maximum Gasteiger partial charge on any atom is 0.264 e. The van der Waals surface area contributed by atoms with Crippen LogP contribution in [-0.4, -0.2) is 81.7 Å². The Kier molecular flexibility index (Phi) is 7.59. The van der Waals surface area contributed by atoms with Crippen LogP contribution in [-0.2, 0) is 14.8 Å². The number of fused-ring (bicyclic) bond motifs is 1. The fraction of sp³-hybridized carbons (Fsp3) is 0.407. The van der Waals surface area contributed by atoms with Crippen LogP contribution in [0.5, 0.6) is 5.75 Å². The van der Waals surface area contributed by atoms with Gasteiger partial charge in [0.15, 0.2) is 0 Å². The predicted molar refractivity (Wildman–Crippen MR) is 141 cm³/mol. The number of methoxy groups -OCH3 is 1. The maximum absolute atomic E-state index is 13.2. The van der Waals surface area contributed by atoms with Crippen molar-refractivity contribution in [2.75, 3.05) is 51.2 Å². The summed E-state index contributed by atoms with van der Waals surface area (Å²) < 4.78 is 40.4. The number of piperazine rings is 1. The van der Waals surface area contributed by atoms with Gasteiger partial charge in [0.25, 0.3) is 15.9 Å². The number of nitrogens with one attached hydrogen (secondary N) is 1. The lowest BCUT2D eigenvalue weighted by molar-refractivity contribution is -0.0130. The first kappa shape index (κ1) is 25.4. The fourth-order valence-electron chi connectivity index (χ4n) is 4.96. The van der Waals surface area contributed by atoms with E-state index < -0.39 is 10.0 Å². The second-order valence-electron chi connectivity index (χ2n) is 9.43. The molecule has 1 unspecified atom stereocenters. The molecule has 1 amide bonds. The largest absolute Gasteiger partial charge is 0.495 e. The zero-order chi connectivity index (χ0) is 25.8. The van der Waals surface area contributed by atoms with Gasteiger partial charge in [0.2, 0.25) is 0 Å². The highest BCUT2D eigenvalue weighted by atomic mass is 32.2. The van der Waals surface area contributed by atoms with E-state index >= 15 is 0 Å². The molecule has 9 nitrogen and oxygen atoms in total. The third-order valence-electron chi connectivity index (χ3n) is 6.97. The summed E-state index contributed by atoms with van der Waals surface area (Å²) in [6.07, 6.45) is 5.32. The third kappa shape index (κ3) is 5.71. The van der Waals surface area contributed by atoms with Crippen molar-refractivity contribution in [2.24, 2.45) is 0 Å². The van der Waals surface area contributed by atoms with Crippen molar-refractivity contribution >= 4 is 32.5 Å². The molecule has 0 bridgehead atoms. The molecule has 1 atom stereocenters. The molecule has 0 saturated carbocycles. The van der Waals surface area contributed by atoms with E-state index in [0.29, 0.717) is 30.3 Å². The van der Waals surface area contributed by atoms with Crippen molar-refractivity contribution in [3.05, 3.63) is 60.3 Å². The smallest absolute Gasteiger partial charge is 0.264 e. The number of benzene rings is 2. The van der Waals surface area contributed by atoms with Crippen LogP contribution < -0.4 is 9.46 Å². The van der Waals surface area contributed by atoms with Gasteiger partial charge in [-0.25, -0.2) is 8.42 Å². The van der Waals surface area contributed by atoms with Crippen LogP contribution in [0.2, 0.25) is 0 Å². The number of hydrogen-bond acceptors (Lipinski definition) is 7. The number of anilines is 1.